The SMILES string of the molecule is CN(C)c1ccc(N2CCN(C(=O)c3ccc(Cl)cc3)CC2)nn1. The van der Waals surface area contributed by atoms with Gasteiger partial charge in [0.15, 0.2) is 11.6 Å². The van der Waals surface area contributed by atoms with Gasteiger partial charge in [-0.25, -0.2) is 0 Å². The Labute approximate surface area is 146 Å². The zero-order valence-electron chi connectivity index (χ0n) is 13.8. The Morgan fingerprint density at radius 2 is 1.67 bits per heavy atom. The number of nitrogens with zero attached hydrogens (tertiary/aromatic N) is 5. The average molecular weight is 346 g/mol. The van der Waals surface area contributed by atoms with Crippen LogP contribution in [0.5, 0.6) is 0 Å². The van der Waals surface area contributed by atoms with Gasteiger partial charge in [-0.15, -0.1) is 10.2 Å². The fourth-order valence-corrected chi connectivity index (χ4v) is 2.77. The number of rotatable bonds is 3. The van der Waals surface area contributed by atoms with E-state index in [1.165, 1.54) is 0 Å². The third-order valence-corrected chi connectivity index (χ3v) is 4.33. The molecule has 1 aliphatic heterocycles. The summed E-state index contributed by atoms with van der Waals surface area (Å²) < 4.78 is 0. The van der Waals surface area contributed by atoms with Crippen LogP contribution in [-0.2, 0) is 0 Å². The molecule has 2 heterocycles. The highest BCUT2D eigenvalue weighted by Crippen LogP contribution is 2.17. The summed E-state index contributed by atoms with van der Waals surface area (Å²) in [7, 11) is 3.87. The summed E-state index contributed by atoms with van der Waals surface area (Å²) in [5, 5.41) is 9.12. The van der Waals surface area contributed by atoms with Gasteiger partial charge in [-0.05, 0) is 36.4 Å². The summed E-state index contributed by atoms with van der Waals surface area (Å²) in [5.74, 6) is 1.72. The Balaban J connectivity index is 1.61. The molecule has 0 N–H and O–H groups in total. The molecule has 0 atom stereocenters. The number of carbonyl (C=O) groups excluding carboxylic acids is 1. The van der Waals surface area contributed by atoms with Crippen LogP contribution in [0.2, 0.25) is 5.02 Å². The first-order chi connectivity index (χ1) is 11.5. The maximum Gasteiger partial charge on any atom is 0.253 e. The van der Waals surface area contributed by atoms with E-state index in [4.69, 9.17) is 11.6 Å². The minimum Gasteiger partial charge on any atom is -0.361 e. The van der Waals surface area contributed by atoms with Crippen LogP contribution >= 0.6 is 11.6 Å². The summed E-state index contributed by atoms with van der Waals surface area (Å²) >= 11 is 5.87. The molecule has 0 unspecified atom stereocenters. The molecule has 24 heavy (non-hydrogen) atoms. The molecule has 126 valence electrons. The summed E-state index contributed by atoms with van der Waals surface area (Å²) in [4.78, 5) is 18.4. The van der Waals surface area contributed by atoms with Gasteiger partial charge >= 0.3 is 0 Å². The van der Waals surface area contributed by atoms with E-state index >= 15 is 0 Å². The molecular formula is C17H20ClN5O. The number of hydrogen-bond acceptors (Lipinski definition) is 5. The largest absolute Gasteiger partial charge is 0.361 e. The van der Waals surface area contributed by atoms with E-state index in [1.54, 1.807) is 24.3 Å². The van der Waals surface area contributed by atoms with Gasteiger partial charge in [-0.2, -0.15) is 0 Å². The number of amides is 1. The monoisotopic (exact) mass is 345 g/mol. The first kappa shape index (κ1) is 16.5. The predicted molar refractivity (Wildman–Crippen MR) is 95.9 cm³/mol. The summed E-state index contributed by atoms with van der Waals surface area (Å²) in [6.07, 6.45) is 0. The van der Waals surface area contributed by atoms with Gasteiger partial charge in [0, 0.05) is 50.9 Å². The Hall–Kier alpha value is -2.34. The minimum absolute atomic E-state index is 0.0420. The van der Waals surface area contributed by atoms with Crippen LogP contribution in [0.1, 0.15) is 10.4 Å². The number of benzene rings is 1. The molecule has 7 heteroatoms. The lowest BCUT2D eigenvalue weighted by atomic mass is 10.2. The van der Waals surface area contributed by atoms with Crippen LogP contribution in [0, 0.1) is 0 Å². The Kier molecular flexibility index (Phi) is 4.85. The van der Waals surface area contributed by atoms with Crippen LogP contribution in [0.4, 0.5) is 11.6 Å². The van der Waals surface area contributed by atoms with Crippen molar-refractivity contribution in [2.45, 2.75) is 0 Å². The highest BCUT2D eigenvalue weighted by atomic mass is 35.5. The zero-order valence-corrected chi connectivity index (χ0v) is 14.6. The number of hydrogen-bond donors (Lipinski definition) is 0. The topological polar surface area (TPSA) is 52.6 Å². The van der Waals surface area contributed by atoms with Crippen molar-refractivity contribution >= 4 is 29.1 Å². The lowest BCUT2D eigenvalue weighted by molar-refractivity contribution is 0.0746. The van der Waals surface area contributed by atoms with Gasteiger partial charge < -0.3 is 14.7 Å². The smallest absolute Gasteiger partial charge is 0.253 e. The molecule has 1 aliphatic rings. The molecule has 6 nitrogen and oxygen atoms in total. The molecule has 1 saturated heterocycles. The maximum atomic E-state index is 12.5. The fourth-order valence-electron chi connectivity index (χ4n) is 2.64. The fraction of sp³-hybridized carbons (Fsp3) is 0.353. The van der Waals surface area contributed by atoms with Crippen LogP contribution in [-0.4, -0.2) is 61.3 Å². The number of carbonyl (C=O) groups is 1. The Bertz CT molecular complexity index is 694. The highest BCUT2D eigenvalue weighted by Gasteiger charge is 2.23. The highest BCUT2D eigenvalue weighted by molar-refractivity contribution is 6.30. The van der Waals surface area contributed by atoms with Crippen LogP contribution in [0.3, 0.4) is 0 Å². The van der Waals surface area contributed by atoms with Gasteiger partial charge in [-0.3, -0.25) is 4.79 Å². The lowest BCUT2D eigenvalue weighted by Crippen LogP contribution is -2.49. The van der Waals surface area contributed by atoms with Crippen molar-refractivity contribution in [2.24, 2.45) is 0 Å². The molecule has 2 aromatic rings. The quantitative estimate of drug-likeness (QED) is 0.853. The molecule has 1 aromatic heterocycles. The molecule has 0 saturated carbocycles. The second-order valence-electron chi connectivity index (χ2n) is 5.93. The van der Waals surface area contributed by atoms with Crippen molar-refractivity contribution in [3.8, 4) is 0 Å². The van der Waals surface area contributed by atoms with Gasteiger partial charge in [0.05, 0.1) is 0 Å². The predicted octanol–water partition coefficient (Wildman–Crippen LogP) is 2.16. The van der Waals surface area contributed by atoms with Gasteiger partial charge in [-0.1, -0.05) is 11.6 Å². The molecule has 1 amide bonds. The van der Waals surface area contributed by atoms with Crippen molar-refractivity contribution in [1.82, 2.24) is 15.1 Å². The summed E-state index contributed by atoms with van der Waals surface area (Å²) in [6, 6.07) is 10.9. The standard InChI is InChI=1S/C17H20ClN5O/c1-21(2)15-7-8-16(20-19-15)22-9-11-23(12-10-22)17(24)13-3-5-14(18)6-4-13/h3-8H,9-12H2,1-2H3. The van der Waals surface area contributed by atoms with E-state index in [-0.39, 0.29) is 5.91 Å². The Morgan fingerprint density at radius 3 is 2.21 bits per heavy atom. The second-order valence-corrected chi connectivity index (χ2v) is 6.37. The molecule has 0 bridgehead atoms. The third-order valence-electron chi connectivity index (χ3n) is 4.08. The normalized spacial score (nSPS) is 14.6. The van der Waals surface area contributed by atoms with Crippen LogP contribution in [0.25, 0.3) is 0 Å². The molecule has 0 spiro atoms. The van der Waals surface area contributed by atoms with E-state index in [0.29, 0.717) is 23.7 Å². The van der Waals surface area contributed by atoms with Crippen molar-refractivity contribution < 1.29 is 4.79 Å². The van der Waals surface area contributed by atoms with E-state index in [2.05, 4.69) is 15.1 Å². The molecule has 1 fully saturated rings. The van der Waals surface area contributed by atoms with E-state index in [9.17, 15) is 4.79 Å². The molecule has 3 rings (SSSR count). The summed E-state index contributed by atoms with van der Waals surface area (Å²) in [5.41, 5.74) is 0.669. The van der Waals surface area contributed by atoms with Gasteiger partial charge in [0.25, 0.3) is 5.91 Å². The second kappa shape index (κ2) is 7.05. The van der Waals surface area contributed by atoms with Gasteiger partial charge in [0.1, 0.15) is 0 Å². The Morgan fingerprint density at radius 1 is 1.00 bits per heavy atom. The van der Waals surface area contributed by atoms with Gasteiger partial charge in [0.2, 0.25) is 0 Å². The van der Waals surface area contributed by atoms with E-state index < -0.39 is 0 Å². The number of halogens is 1. The third kappa shape index (κ3) is 3.59. The van der Waals surface area contributed by atoms with Crippen molar-refractivity contribution in [2.75, 3.05) is 50.1 Å². The van der Waals surface area contributed by atoms with Crippen LogP contribution < -0.4 is 9.80 Å². The number of piperazine rings is 1. The average Bonchev–Trinajstić information content (AvgIpc) is 2.62. The zero-order chi connectivity index (χ0) is 17.1. The van der Waals surface area contributed by atoms with Crippen molar-refractivity contribution in [3.05, 3.63) is 47.0 Å². The molecule has 1 aromatic carbocycles. The lowest BCUT2D eigenvalue weighted by Gasteiger charge is -2.35. The number of aromatic nitrogens is 2. The van der Waals surface area contributed by atoms with Crippen molar-refractivity contribution in [3.63, 3.8) is 0 Å². The molecular weight excluding hydrogens is 326 g/mol. The minimum atomic E-state index is 0.0420. The molecule has 0 radical (unpaired) electrons. The summed E-state index contributed by atoms with van der Waals surface area (Å²) in [6.45, 7) is 2.82. The van der Waals surface area contributed by atoms with Crippen LogP contribution in [0.15, 0.2) is 36.4 Å². The van der Waals surface area contributed by atoms with E-state index in [0.717, 1.165) is 24.7 Å². The number of anilines is 2. The first-order valence-electron chi connectivity index (χ1n) is 7.85. The first-order valence-corrected chi connectivity index (χ1v) is 8.23. The van der Waals surface area contributed by atoms with E-state index in [1.807, 2.05) is 36.0 Å². The van der Waals surface area contributed by atoms with Crippen molar-refractivity contribution in [1.29, 1.82) is 0 Å². The molecule has 0 aliphatic carbocycles. The maximum absolute atomic E-state index is 12.5.